The standard InChI is InChI=1S/C25H31N3/c1-6-8-10-19(3)18-28-25(26-15-9-7-2)23-16-22(13-12-21(23)5)24-14-11-20(4)17-27-24/h8-17H,3,6-7,18H2,1-2,4-5H3,(H,26,28)/b10-8-,15-9+. The molecule has 28 heavy (non-hydrogen) atoms. The Hall–Kier alpha value is -2.94. The third-order valence-electron chi connectivity index (χ3n) is 4.30. The van der Waals surface area contributed by atoms with E-state index in [2.05, 4.69) is 80.1 Å². The molecule has 0 saturated carbocycles. The van der Waals surface area contributed by atoms with E-state index >= 15 is 0 Å². The Morgan fingerprint density at radius 1 is 1.11 bits per heavy atom. The summed E-state index contributed by atoms with van der Waals surface area (Å²) in [5, 5.41) is 3.36. The predicted molar refractivity (Wildman–Crippen MR) is 122 cm³/mol. The summed E-state index contributed by atoms with van der Waals surface area (Å²) in [5.41, 5.74) is 6.44. The van der Waals surface area contributed by atoms with Gasteiger partial charge in [0.05, 0.1) is 12.2 Å². The lowest BCUT2D eigenvalue weighted by Crippen LogP contribution is -2.20. The molecule has 0 aliphatic rings. The Balaban J connectivity index is 2.38. The first-order valence-electron chi connectivity index (χ1n) is 9.89. The van der Waals surface area contributed by atoms with Crippen molar-refractivity contribution in [3.63, 3.8) is 0 Å². The van der Waals surface area contributed by atoms with E-state index in [1.54, 1.807) is 0 Å². The van der Waals surface area contributed by atoms with Gasteiger partial charge in [-0.2, -0.15) is 0 Å². The molecule has 146 valence electrons. The molecule has 1 aromatic heterocycles. The van der Waals surface area contributed by atoms with E-state index in [4.69, 9.17) is 4.99 Å². The third kappa shape index (κ3) is 6.34. The van der Waals surface area contributed by atoms with E-state index in [-0.39, 0.29) is 0 Å². The van der Waals surface area contributed by atoms with Gasteiger partial charge in [0.2, 0.25) is 0 Å². The molecule has 1 N–H and O–H groups in total. The van der Waals surface area contributed by atoms with Crippen molar-refractivity contribution in [3.05, 3.63) is 89.8 Å². The maximum Gasteiger partial charge on any atom is 0.132 e. The number of nitrogens with one attached hydrogen (secondary N) is 1. The molecule has 0 fully saturated rings. The molecule has 0 radical (unpaired) electrons. The van der Waals surface area contributed by atoms with Crippen molar-refractivity contribution in [1.29, 1.82) is 0 Å². The fourth-order valence-electron chi connectivity index (χ4n) is 2.66. The Labute approximate surface area is 169 Å². The van der Waals surface area contributed by atoms with E-state index in [0.29, 0.717) is 6.54 Å². The number of amidine groups is 1. The first-order valence-corrected chi connectivity index (χ1v) is 9.89. The molecule has 1 aromatic carbocycles. The minimum atomic E-state index is 0.561. The van der Waals surface area contributed by atoms with Crippen LogP contribution in [0.3, 0.4) is 0 Å². The highest BCUT2D eigenvalue weighted by atomic mass is 15.0. The zero-order valence-corrected chi connectivity index (χ0v) is 17.5. The number of nitrogens with zero attached hydrogens (tertiary/aromatic N) is 2. The Morgan fingerprint density at radius 2 is 1.89 bits per heavy atom. The molecular weight excluding hydrogens is 342 g/mol. The summed E-state index contributed by atoms with van der Waals surface area (Å²) < 4.78 is 0. The number of rotatable bonds is 8. The van der Waals surface area contributed by atoms with Gasteiger partial charge in [-0.15, -0.1) is 0 Å². The summed E-state index contributed by atoms with van der Waals surface area (Å²) in [6.07, 6.45) is 12.1. The van der Waals surface area contributed by atoms with Crippen molar-refractivity contribution in [2.75, 3.05) is 6.54 Å². The average molecular weight is 374 g/mol. The predicted octanol–water partition coefficient (Wildman–Crippen LogP) is 6.15. The second kappa shape index (κ2) is 11.0. The number of hydrogen-bond donors (Lipinski definition) is 1. The molecule has 3 nitrogen and oxygen atoms in total. The Morgan fingerprint density at radius 3 is 2.57 bits per heavy atom. The third-order valence-corrected chi connectivity index (χ3v) is 4.30. The molecule has 0 atom stereocenters. The molecule has 0 saturated heterocycles. The van der Waals surface area contributed by atoms with E-state index in [0.717, 1.165) is 46.6 Å². The van der Waals surface area contributed by atoms with Crippen LogP contribution >= 0.6 is 0 Å². The number of benzene rings is 1. The highest BCUT2D eigenvalue weighted by Gasteiger charge is 2.09. The minimum Gasteiger partial charge on any atom is -0.347 e. The summed E-state index contributed by atoms with van der Waals surface area (Å²) in [6, 6.07) is 10.5. The lowest BCUT2D eigenvalue weighted by Gasteiger charge is -2.12. The van der Waals surface area contributed by atoms with Crippen LogP contribution in [-0.2, 0) is 0 Å². The van der Waals surface area contributed by atoms with Crippen LogP contribution in [0.1, 0.15) is 43.4 Å². The van der Waals surface area contributed by atoms with Gasteiger partial charge in [-0.05, 0) is 61.7 Å². The molecule has 3 heteroatoms. The highest BCUT2D eigenvalue weighted by Crippen LogP contribution is 2.21. The van der Waals surface area contributed by atoms with Gasteiger partial charge < -0.3 is 5.32 Å². The molecule has 0 aliphatic carbocycles. The molecule has 0 spiro atoms. The summed E-state index contributed by atoms with van der Waals surface area (Å²) in [4.78, 5) is 9.38. The number of aryl methyl sites for hydroxylation is 2. The van der Waals surface area contributed by atoms with Crippen molar-refractivity contribution in [2.24, 2.45) is 4.99 Å². The van der Waals surface area contributed by atoms with Gasteiger partial charge in [0.15, 0.2) is 0 Å². The fourth-order valence-corrected chi connectivity index (χ4v) is 2.66. The van der Waals surface area contributed by atoms with Crippen molar-refractivity contribution in [3.8, 4) is 11.3 Å². The number of aromatic nitrogens is 1. The number of allylic oxidation sites excluding steroid dienone is 2. The SMILES string of the molecule is C=C(/C=C\CC)CN=C(N/C=C/CC)c1cc(-c2ccc(C)cn2)ccc1C. The highest BCUT2D eigenvalue weighted by molar-refractivity contribution is 6.01. The quantitative estimate of drug-likeness (QED) is 0.342. The van der Waals surface area contributed by atoms with Gasteiger partial charge in [-0.25, -0.2) is 0 Å². The average Bonchev–Trinajstić information content (AvgIpc) is 2.70. The summed E-state index contributed by atoms with van der Waals surface area (Å²) in [5.74, 6) is 0.849. The number of aliphatic imine (C=N–C) groups is 1. The van der Waals surface area contributed by atoms with Crippen molar-refractivity contribution < 1.29 is 0 Å². The van der Waals surface area contributed by atoms with Crippen LogP contribution in [0.2, 0.25) is 0 Å². The fraction of sp³-hybridized carbons (Fsp3) is 0.280. The lowest BCUT2D eigenvalue weighted by molar-refractivity contribution is 1.11. The van der Waals surface area contributed by atoms with Crippen molar-refractivity contribution >= 4 is 5.84 Å². The van der Waals surface area contributed by atoms with Gasteiger partial charge in [0, 0.05) is 17.3 Å². The largest absolute Gasteiger partial charge is 0.347 e. The maximum atomic E-state index is 4.81. The second-order valence-electron chi connectivity index (χ2n) is 6.84. The molecule has 0 aliphatic heterocycles. The molecule has 0 unspecified atom stereocenters. The van der Waals surface area contributed by atoms with Crippen LogP contribution in [0.15, 0.2) is 78.1 Å². The van der Waals surface area contributed by atoms with Crippen LogP contribution in [0, 0.1) is 13.8 Å². The van der Waals surface area contributed by atoms with Crippen LogP contribution in [0.25, 0.3) is 11.3 Å². The normalized spacial score (nSPS) is 12.1. The van der Waals surface area contributed by atoms with E-state index in [9.17, 15) is 0 Å². The molecule has 0 bridgehead atoms. The molecule has 2 rings (SSSR count). The second-order valence-corrected chi connectivity index (χ2v) is 6.84. The topological polar surface area (TPSA) is 37.3 Å². The van der Waals surface area contributed by atoms with Crippen LogP contribution in [0.5, 0.6) is 0 Å². The van der Waals surface area contributed by atoms with Gasteiger partial charge in [-0.1, -0.05) is 56.9 Å². The van der Waals surface area contributed by atoms with Crippen molar-refractivity contribution in [2.45, 2.75) is 40.5 Å². The van der Waals surface area contributed by atoms with Gasteiger partial charge in [-0.3, -0.25) is 9.98 Å². The van der Waals surface area contributed by atoms with E-state index in [1.165, 1.54) is 5.56 Å². The van der Waals surface area contributed by atoms with E-state index in [1.807, 2.05) is 25.4 Å². The molecular formula is C25H31N3. The summed E-state index contributed by atoms with van der Waals surface area (Å²) >= 11 is 0. The van der Waals surface area contributed by atoms with Gasteiger partial charge in [0.1, 0.15) is 5.84 Å². The lowest BCUT2D eigenvalue weighted by atomic mass is 10.0. The Bertz CT molecular complexity index is 871. The smallest absolute Gasteiger partial charge is 0.132 e. The number of hydrogen-bond acceptors (Lipinski definition) is 2. The zero-order valence-electron chi connectivity index (χ0n) is 17.5. The van der Waals surface area contributed by atoms with Crippen molar-refractivity contribution in [1.82, 2.24) is 10.3 Å². The first-order chi connectivity index (χ1) is 13.5. The monoisotopic (exact) mass is 373 g/mol. The van der Waals surface area contributed by atoms with Crippen LogP contribution in [0.4, 0.5) is 0 Å². The van der Waals surface area contributed by atoms with Crippen LogP contribution in [-0.4, -0.2) is 17.4 Å². The Kier molecular flexibility index (Phi) is 8.41. The zero-order chi connectivity index (χ0) is 20.4. The van der Waals surface area contributed by atoms with Gasteiger partial charge in [0.25, 0.3) is 0 Å². The number of pyridine rings is 1. The van der Waals surface area contributed by atoms with Gasteiger partial charge >= 0.3 is 0 Å². The molecule has 0 amide bonds. The van der Waals surface area contributed by atoms with Crippen LogP contribution < -0.4 is 5.32 Å². The minimum absolute atomic E-state index is 0.561. The molecule has 2 aromatic rings. The molecule has 1 heterocycles. The summed E-state index contributed by atoms with van der Waals surface area (Å²) in [6.45, 7) is 13.0. The van der Waals surface area contributed by atoms with E-state index < -0.39 is 0 Å². The first kappa shape index (κ1) is 21.4. The summed E-state index contributed by atoms with van der Waals surface area (Å²) in [7, 11) is 0. The maximum absolute atomic E-state index is 4.81.